The Labute approximate surface area is 164 Å². The van der Waals surface area contributed by atoms with Crippen LogP contribution in [0.15, 0.2) is 17.2 Å². The van der Waals surface area contributed by atoms with E-state index in [1.165, 1.54) is 22.2 Å². The Morgan fingerprint density at radius 1 is 1.48 bits per heavy atom. The van der Waals surface area contributed by atoms with Crippen LogP contribution in [-0.4, -0.2) is 31.4 Å². The Kier molecular flexibility index (Phi) is 5.05. The first-order valence-electron chi connectivity index (χ1n) is 8.90. The first kappa shape index (κ1) is 18.2. The predicted molar refractivity (Wildman–Crippen MR) is 108 cm³/mol. The molecule has 0 radical (unpaired) electrons. The lowest BCUT2D eigenvalue weighted by molar-refractivity contribution is -0.119. The highest BCUT2D eigenvalue weighted by Gasteiger charge is 2.21. The molecule has 142 valence electrons. The molecule has 2 N–H and O–H groups in total. The number of rotatable bonds is 6. The van der Waals surface area contributed by atoms with E-state index in [-0.39, 0.29) is 17.5 Å². The Balaban J connectivity index is 1.35. The molecule has 0 aromatic carbocycles. The van der Waals surface area contributed by atoms with E-state index in [0.29, 0.717) is 17.3 Å². The number of amides is 1. The van der Waals surface area contributed by atoms with E-state index in [2.05, 4.69) is 20.4 Å². The third kappa shape index (κ3) is 3.79. The molecule has 1 aliphatic carbocycles. The van der Waals surface area contributed by atoms with Crippen LogP contribution in [0, 0.1) is 0 Å². The van der Waals surface area contributed by atoms with Gasteiger partial charge in [-0.1, -0.05) is 0 Å². The zero-order chi connectivity index (χ0) is 19.0. The van der Waals surface area contributed by atoms with Crippen molar-refractivity contribution in [1.82, 2.24) is 25.1 Å². The quantitative estimate of drug-likeness (QED) is 0.659. The largest absolute Gasteiger partial charge is 0.349 e. The second-order valence-corrected chi connectivity index (χ2v) is 8.85. The summed E-state index contributed by atoms with van der Waals surface area (Å²) in [6.07, 6.45) is 6.79. The van der Waals surface area contributed by atoms with E-state index in [4.69, 9.17) is 0 Å². The minimum atomic E-state index is -0.0883. The standard InChI is InChI=1S/C18H21N5O2S2/c1-10(11-6-19-23(2)7-11)20-15(24)9-26-8-14-21-17(25)16-12-4-3-5-13(12)27-18(16)22-14/h6-7,10H,3-5,8-9H2,1-2H3,(H,20,24)(H,21,22,25)/t10-/m1/s1. The van der Waals surface area contributed by atoms with Gasteiger partial charge in [-0.15, -0.1) is 23.1 Å². The Morgan fingerprint density at radius 3 is 3.11 bits per heavy atom. The van der Waals surface area contributed by atoms with Gasteiger partial charge in [0.25, 0.3) is 5.56 Å². The van der Waals surface area contributed by atoms with E-state index in [9.17, 15) is 9.59 Å². The molecule has 7 nitrogen and oxygen atoms in total. The molecule has 27 heavy (non-hydrogen) atoms. The first-order chi connectivity index (χ1) is 13.0. The molecule has 3 aromatic rings. The predicted octanol–water partition coefficient (Wildman–Crippen LogP) is 2.32. The maximum atomic E-state index is 12.4. The smallest absolute Gasteiger partial charge is 0.259 e. The van der Waals surface area contributed by atoms with Crippen LogP contribution in [0.5, 0.6) is 0 Å². The van der Waals surface area contributed by atoms with Crippen LogP contribution >= 0.6 is 23.1 Å². The molecule has 9 heteroatoms. The van der Waals surface area contributed by atoms with Crippen LogP contribution in [0.2, 0.25) is 0 Å². The van der Waals surface area contributed by atoms with Gasteiger partial charge in [-0.3, -0.25) is 14.3 Å². The number of aryl methyl sites for hydroxylation is 3. The topological polar surface area (TPSA) is 92.7 Å². The second-order valence-electron chi connectivity index (χ2n) is 6.78. The van der Waals surface area contributed by atoms with Crippen LogP contribution in [0.25, 0.3) is 10.2 Å². The van der Waals surface area contributed by atoms with E-state index in [1.54, 1.807) is 22.2 Å². The highest BCUT2D eigenvalue weighted by atomic mass is 32.2. The number of carbonyl (C=O) groups excluding carboxylic acids is 1. The van der Waals surface area contributed by atoms with Crippen molar-refractivity contribution >= 4 is 39.2 Å². The molecule has 4 rings (SSSR count). The minimum absolute atomic E-state index is 0.0464. The van der Waals surface area contributed by atoms with Gasteiger partial charge < -0.3 is 10.3 Å². The zero-order valence-electron chi connectivity index (χ0n) is 15.2. The first-order valence-corrected chi connectivity index (χ1v) is 10.9. The number of hydrogen-bond donors (Lipinski definition) is 2. The van der Waals surface area contributed by atoms with Crippen LogP contribution in [0.3, 0.4) is 0 Å². The molecule has 0 unspecified atom stereocenters. The summed E-state index contributed by atoms with van der Waals surface area (Å²) in [5.74, 6) is 1.40. The molecule has 0 aliphatic heterocycles. The van der Waals surface area contributed by atoms with Gasteiger partial charge >= 0.3 is 0 Å². The third-order valence-electron chi connectivity index (χ3n) is 4.70. The lowest BCUT2D eigenvalue weighted by atomic mass is 10.2. The van der Waals surface area contributed by atoms with Crippen molar-refractivity contribution in [2.24, 2.45) is 7.05 Å². The number of H-pyrrole nitrogens is 1. The molecule has 3 aromatic heterocycles. The summed E-state index contributed by atoms with van der Waals surface area (Å²) in [7, 11) is 1.85. The Morgan fingerprint density at radius 2 is 2.33 bits per heavy atom. The number of nitrogens with one attached hydrogen (secondary N) is 2. The van der Waals surface area contributed by atoms with E-state index in [1.807, 2.05) is 20.2 Å². The van der Waals surface area contributed by atoms with Crippen molar-refractivity contribution in [3.8, 4) is 0 Å². The molecule has 0 saturated heterocycles. The SMILES string of the molecule is C[C@@H](NC(=O)CSCc1nc2sc3c(c2c(=O)[nH]1)CCC3)c1cnn(C)c1. The fourth-order valence-corrected chi connectivity index (χ4v) is 5.37. The second kappa shape index (κ2) is 7.47. The van der Waals surface area contributed by atoms with E-state index in [0.717, 1.165) is 35.0 Å². The summed E-state index contributed by atoms with van der Waals surface area (Å²) in [6, 6.07) is -0.0883. The number of aromatic amines is 1. The lowest BCUT2D eigenvalue weighted by Gasteiger charge is -2.11. The fraction of sp³-hybridized carbons (Fsp3) is 0.444. The van der Waals surface area contributed by atoms with Crippen molar-refractivity contribution in [2.45, 2.75) is 38.0 Å². The van der Waals surface area contributed by atoms with Gasteiger partial charge in [-0.05, 0) is 31.7 Å². The van der Waals surface area contributed by atoms with Crippen LogP contribution in [-0.2, 0) is 30.4 Å². The maximum absolute atomic E-state index is 12.4. The molecule has 1 amide bonds. The number of thioether (sulfide) groups is 1. The average Bonchev–Trinajstić information content (AvgIpc) is 3.30. The number of carbonyl (C=O) groups is 1. The molecule has 1 aliphatic rings. The summed E-state index contributed by atoms with van der Waals surface area (Å²) in [4.78, 5) is 34.2. The number of fused-ring (bicyclic) bond motifs is 3. The van der Waals surface area contributed by atoms with Crippen LogP contribution in [0.4, 0.5) is 0 Å². The molecule has 0 fully saturated rings. The highest BCUT2D eigenvalue weighted by molar-refractivity contribution is 7.99. The van der Waals surface area contributed by atoms with Gasteiger partial charge in [0.15, 0.2) is 0 Å². The van der Waals surface area contributed by atoms with Crippen molar-refractivity contribution < 1.29 is 4.79 Å². The van der Waals surface area contributed by atoms with Gasteiger partial charge in [-0.25, -0.2) is 4.98 Å². The fourth-order valence-electron chi connectivity index (χ4n) is 3.39. The average molecular weight is 404 g/mol. The van der Waals surface area contributed by atoms with E-state index < -0.39 is 0 Å². The van der Waals surface area contributed by atoms with Crippen molar-refractivity contribution in [1.29, 1.82) is 0 Å². The van der Waals surface area contributed by atoms with E-state index >= 15 is 0 Å². The van der Waals surface area contributed by atoms with Gasteiger partial charge in [0.2, 0.25) is 5.91 Å². The molecule has 3 heterocycles. The molecule has 1 atom stereocenters. The van der Waals surface area contributed by atoms with Gasteiger partial charge in [0, 0.05) is 23.7 Å². The van der Waals surface area contributed by atoms with Crippen molar-refractivity contribution in [3.63, 3.8) is 0 Å². The summed E-state index contributed by atoms with van der Waals surface area (Å²) in [5, 5.41) is 7.84. The summed E-state index contributed by atoms with van der Waals surface area (Å²) in [5.41, 5.74) is 2.11. The number of aromatic nitrogens is 4. The van der Waals surface area contributed by atoms with Gasteiger partial charge in [-0.2, -0.15) is 5.10 Å². The molecule has 0 bridgehead atoms. The zero-order valence-corrected chi connectivity index (χ0v) is 16.9. The summed E-state index contributed by atoms with van der Waals surface area (Å²) < 4.78 is 1.71. The summed E-state index contributed by atoms with van der Waals surface area (Å²) >= 11 is 3.08. The van der Waals surface area contributed by atoms with Crippen molar-refractivity contribution in [3.05, 3.63) is 44.6 Å². The number of thiophene rings is 1. The van der Waals surface area contributed by atoms with Gasteiger partial charge in [0.05, 0.1) is 29.1 Å². The lowest BCUT2D eigenvalue weighted by Crippen LogP contribution is -2.28. The van der Waals surface area contributed by atoms with Crippen LogP contribution in [0.1, 0.15) is 41.2 Å². The maximum Gasteiger partial charge on any atom is 0.259 e. The third-order valence-corrected chi connectivity index (χ3v) is 6.83. The number of nitrogens with zero attached hydrogens (tertiary/aromatic N) is 3. The van der Waals surface area contributed by atoms with Crippen molar-refractivity contribution in [2.75, 3.05) is 5.75 Å². The summed E-state index contributed by atoms with van der Waals surface area (Å²) in [6.45, 7) is 1.93. The minimum Gasteiger partial charge on any atom is -0.349 e. The monoisotopic (exact) mass is 403 g/mol. The molecule has 0 spiro atoms. The highest BCUT2D eigenvalue weighted by Crippen LogP contribution is 2.34. The Bertz CT molecular complexity index is 1050. The number of hydrogen-bond acceptors (Lipinski definition) is 6. The molecule has 0 saturated carbocycles. The Hall–Kier alpha value is -2.13. The molecular weight excluding hydrogens is 382 g/mol. The molecular formula is C18H21N5O2S2. The van der Waals surface area contributed by atoms with Crippen LogP contribution < -0.4 is 10.9 Å². The van der Waals surface area contributed by atoms with Gasteiger partial charge in [0.1, 0.15) is 10.7 Å². The normalized spacial score (nSPS) is 14.4.